The Morgan fingerprint density at radius 2 is 0.717 bits per heavy atom. The van der Waals surface area contributed by atoms with E-state index < -0.39 is 151 Å². The predicted molar refractivity (Wildman–Crippen MR) is 344 cm³/mol. The van der Waals surface area contributed by atoms with E-state index in [2.05, 4.69) is 63.8 Å². The molecule has 0 spiro atoms. The van der Waals surface area contributed by atoms with Crippen LogP contribution in [0, 0.1) is 17.8 Å². The fourth-order valence-corrected chi connectivity index (χ4v) is 9.25. The molecule has 0 unspecified atom stereocenters. The van der Waals surface area contributed by atoms with E-state index in [1.54, 1.807) is 58.0 Å². The van der Waals surface area contributed by atoms with Crippen LogP contribution in [0.3, 0.4) is 0 Å². The van der Waals surface area contributed by atoms with E-state index in [1.165, 1.54) is 20.8 Å². The number of nitrogens with two attached hydrogens (primary N) is 4. The first kappa shape index (κ1) is 82.0. The molecule has 0 radical (unpaired) electrons. The summed E-state index contributed by atoms with van der Waals surface area (Å²) in [6, 6.07) is -2.48. The van der Waals surface area contributed by atoms with Crippen molar-refractivity contribution in [3.05, 3.63) is 35.9 Å². The van der Waals surface area contributed by atoms with E-state index in [9.17, 15) is 67.1 Å². The van der Waals surface area contributed by atoms with Crippen LogP contribution in [0.1, 0.15) is 150 Å². The molecule has 1 aromatic carbocycles. The van der Waals surface area contributed by atoms with Crippen molar-refractivity contribution < 1.29 is 71.9 Å². The summed E-state index contributed by atoms with van der Waals surface area (Å²) < 4.78 is 4.90. The number of rotatable bonds is 45. The highest BCUT2D eigenvalue weighted by Gasteiger charge is 2.34. The van der Waals surface area contributed by atoms with Crippen LogP contribution in [-0.4, -0.2) is 182 Å². The zero-order valence-electron chi connectivity index (χ0n) is 54.6. The highest BCUT2D eigenvalue weighted by atomic mass is 32.2. The van der Waals surface area contributed by atoms with Crippen LogP contribution in [-0.2, 0) is 62.3 Å². The molecule has 31 nitrogen and oxygen atoms in total. The van der Waals surface area contributed by atoms with Crippen LogP contribution in [0.25, 0.3) is 0 Å². The third kappa shape index (κ3) is 35.0. The fraction of sp³-hybridized carbons (Fsp3) is 0.667. The summed E-state index contributed by atoms with van der Waals surface area (Å²) in [6.45, 7) is 14.0. The van der Waals surface area contributed by atoms with E-state index in [0.29, 0.717) is 50.6 Å². The molecule has 9 atom stereocenters. The van der Waals surface area contributed by atoms with Gasteiger partial charge in [-0.25, -0.2) is 4.79 Å². The fourth-order valence-electron chi connectivity index (χ4n) is 8.67. The van der Waals surface area contributed by atoms with Crippen LogP contribution >= 0.6 is 11.8 Å². The van der Waals surface area contributed by atoms with Gasteiger partial charge >= 0.3 is 6.09 Å². The molecule has 0 saturated carbocycles. The first-order valence-corrected chi connectivity index (χ1v) is 32.2. The van der Waals surface area contributed by atoms with Gasteiger partial charge < -0.3 is 91.5 Å². The van der Waals surface area contributed by atoms with Gasteiger partial charge in [0.1, 0.15) is 66.9 Å². The molecule has 32 heteroatoms. The summed E-state index contributed by atoms with van der Waals surface area (Å²) in [5, 5.41) is 30.1. The molecular weight excluding hydrogens is 1220 g/mol. The Kier molecular flexibility index (Phi) is 40.4. The number of unbranched alkanes of at least 4 members (excludes halogenated alkanes) is 3. The Morgan fingerprint density at radius 1 is 0.391 bits per heavy atom. The molecule has 518 valence electrons. The molecule has 0 aliphatic carbocycles. The van der Waals surface area contributed by atoms with Crippen LogP contribution in [0.5, 0.6) is 0 Å². The maximum absolute atomic E-state index is 14.1. The molecule has 0 saturated heterocycles. The van der Waals surface area contributed by atoms with Crippen molar-refractivity contribution in [3.63, 3.8) is 0 Å². The maximum atomic E-state index is 14.1. The minimum atomic E-state index is -1.30. The van der Waals surface area contributed by atoms with Gasteiger partial charge in [-0.05, 0) is 147 Å². The van der Waals surface area contributed by atoms with Gasteiger partial charge in [-0.2, -0.15) is 0 Å². The number of thioether (sulfide) groups is 1. The van der Waals surface area contributed by atoms with Crippen molar-refractivity contribution in [2.45, 2.75) is 194 Å². The number of carbonyl (C=O) groups is 14. The molecule has 0 bridgehead atoms. The lowest BCUT2D eigenvalue weighted by molar-refractivity contribution is -0.136. The molecule has 92 heavy (non-hydrogen) atoms. The summed E-state index contributed by atoms with van der Waals surface area (Å²) in [4.78, 5) is 184. The second kappa shape index (κ2) is 45.3. The Morgan fingerprint density at radius 3 is 1.08 bits per heavy atom. The number of hydrogen-bond acceptors (Lipinski definition) is 19. The normalized spacial score (nSPS) is 14.0. The van der Waals surface area contributed by atoms with E-state index in [4.69, 9.17) is 27.7 Å². The first-order valence-electron chi connectivity index (χ1n) is 31.2. The average molecular weight is 1320 g/mol. The van der Waals surface area contributed by atoms with Gasteiger partial charge in [-0.3, -0.25) is 62.3 Å². The molecule has 1 aromatic rings. The lowest BCUT2D eigenvalue weighted by atomic mass is 10.0. The highest BCUT2D eigenvalue weighted by Crippen LogP contribution is 2.14. The van der Waals surface area contributed by atoms with E-state index in [1.807, 2.05) is 13.8 Å². The van der Waals surface area contributed by atoms with Crippen LogP contribution in [0.2, 0.25) is 0 Å². The maximum Gasteiger partial charge on any atom is 0.408 e. The Hall–Kier alpha value is -7.97. The number of nitrogens with one attached hydrogen (secondary N) is 12. The van der Waals surface area contributed by atoms with Crippen molar-refractivity contribution in [1.29, 1.82) is 0 Å². The van der Waals surface area contributed by atoms with Gasteiger partial charge in [0.2, 0.25) is 76.0 Å². The highest BCUT2D eigenvalue weighted by molar-refractivity contribution is 8.14. The zero-order valence-corrected chi connectivity index (χ0v) is 55.4. The molecule has 0 fully saturated rings. The van der Waals surface area contributed by atoms with Crippen LogP contribution in [0.15, 0.2) is 30.3 Å². The van der Waals surface area contributed by atoms with Crippen molar-refractivity contribution in [3.8, 4) is 0 Å². The smallest absolute Gasteiger partial charge is 0.408 e. The third-order valence-electron chi connectivity index (χ3n) is 13.7. The topological polar surface area (TPSA) is 497 Å². The van der Waals surface area contributed by atoms with Gasteiger partial charge in [0.25, 0.3) is 0 Å². The van der Waals surface area contributed by atoms with Crippen molar-refractivity contribution >= 4 is 93.9 Å². The molecule has 0 aliphatic rings. The summed E-state index contributed by atoms with van der Waals surface area (Å²) in [5.74, 6) is -9.84. The van der Waals surface area contributed by atoms with E-state index in [-0.39, 0.29) is 80.4 Å². The van der Waals surface area contributed by atoms with Gasteiger partial charge in [0.15, 0.2) is 0 Å². The van der Waals surface area contributed by atoms with Crippen LogP contribution < -0.4 is 86.7 Å². The Bertz CT molecular complexity index is 2580. The van der Waals surface area contributed by atoms with Gasteiger partial charge in [-0.15, -0.1) is 0 Å². The number of benzene rings is 1. The molecule has 0 aliphatic heterocycles. The summed E-state index contributed by atoms with van der Waals surface area (Å²) in [6.07, 6.45) is 2.22. The Balaban J connectivity index is 3.09. The van der Waals surface area contributed by atoms with Gasteiger partial charge in [0, 0.05) is 5.56 Å². The molecule has 1 rings (SSSR count). The lowest BCUT2D eigenvalue weighted by Gasteiger charge is -2.28. The largest absolute Gasteiger partial charge is 0.438 e. The molecule has 0 aromatic heterocycles. The van der Waals surface area contributed by atoms with Gasteiger partial charge in [-0.1, -0.05) is 71.9 Å². The number of ether oxygens (including phenoxy) is 1. The van der Waals surface area contributed by atoms with E-state index in [0.717, 1.165) is 11.8 Å². The quantitative estimate of drug-likeness (QED) is 0.0246. The summed E-state index contributed by atoms with van der Waals surface area (Å²) in [5.41, 5.74) is 22.9. The number of carbonyl (C=O) groups excluding carboxylic acids is 14. The SMILES string of the molecule is CC(C)C[C@H](NC(=O)[C@H](CCCCN)NC(=O)[C@H](C)NC(=O)[C@H](CC(C)C)NC(=O)[C@H](CCCCN)NC(=O)[C@H](C)NC(=O)[C@H](CC(C)C)NC(=O)[C@H](CCCCN)NC(=O)CNC(=O)CNC(=O)CNC(=O)OCSC(=O)c1ccccc1)C(=O)N[C@@H](C)C(N)=O. The molecule has 20 N–H and O–H groups in total. The number of alkyl carbamates (subject to hydrolysis) is 1. The van der Waals surface area contributed by atoms with E-state index >= 15 is 0 Å². The number of amides is 13. The monoisotopic (exact) mass is 1320 g/mol. The summed E-state index contributed by atoms with van der Waals surface area (Å²) in [7, 11) is 0. The van der Waals surface area contributed by atoms with Crippen molar-refractivity contribution in [1.82, 2.24) is 63.8 Å². The molecular formula is C60H102N16O15S. The predicted octanol–water partition coefficient (Wildman–Crippen LogP) is -2.09. The van der Waals surface area contributed by atoms with Gasteiger partial charge in [0.05, 0.1) is 13.1 Å². The minimum Gasteiger partial charge on any atom is -0.438 e. The van der Waals surface area contributed by atoms with Crippen molar-refractivity contribution in [2.24, 2.45) is 40.7 Å². The van der Waals surface area contributed by atoms with Crippen LogP contribution in [0.4, 0.5) is 4.79 Å². The molecule has 13 amide bonds. The minimum absolute atomic E-state index is 0.0602. The number of hydrogen-bond donors (Lipinski definition) is 16. The summed E-state index contributed by atoms with van der Waals surface area (Å²) >= 11 is 0.739. The zero-order chi connectivity index (χ0) is 69.5. The second-order valence-corrected chi connectivity index (χ2v) is 24.4. The van der Waals surface area contributed by atoms with Crippen molar-refractivity contribution in [2.75, 3.05) is 45.2 Å². The average Bonchev–Trinajstić information content (AvgIpc) is 1.26. The molecule has 0 heterocycles. The third-order valence-corrected chi connectivity index (χ3v) is 14.5. The lowest BCUT2D eigenvalue weighted by Crippen LogP contribution is -2.60. The number of primary amides is 1. The standard InChI is InChI=1S/C60H102N16O15S/c1-34(2)27-44(56(86)68-37(7)50(64)80)75-54(84)42(22-14-17-25-62)72-52(82)39(9)70-58(88)46(29-36(5)6)76-55(85)43(23-15-18-26-63)73-51(81)38(8)69-57(87)45(28-35(3)4)74-53(83)41(21-13-16-24-61)71-49(79)32-66-47(77)30-65-48(78)31-67-60(90)91-33-92-59(89)40-19-11-10-12-20-40/h10-12,19-20,34-39,41-46H,13-18,21-33,61-63H2,1-9H3,(H2,64,80)(H,65,78)(H,66,77)(H,67,90)(H,68,86)(H,69,87)(H,70,88)(H,71,79)(H,72,82)(H,73,81)(H,74,83)(H,75,84)(H,76,85)/t37-,38-,39-,41-,42-,43-,44-,45-,46-/m0/s1. The first-order chi connectivity index (χ1) is 43.4. The second-order valence-electron chi connectivity index (χ2n) is 23.5. The Labute approximate surface area is 543 Å².